The van der Waals surface area contributed by atoms with E-state index in [2.05, 4.69) is 28.6 Å². The molecule has 0 spiro atoms. The first kappa shape index (κ1) is 18.7. The van der Waals surface area contributed by atoms with Crippen molar-refractivity contribution in [2.24, 2.45) is 0 Å². The van der Waals surface area contributed by atoms with Gasteiger partial charge in [-0.05, 0) is 36.6 Å². The maximum atomic E-state index is 10.4. The summed E-state index contributed by atoms with van der Waals surface area (Å²) in [4.78, 5) is 15.2. The van der Waals surface area contributed by atoms with Crippen molar-refractivity contribution in [2.75, 3.05) is 13.2 Å². The maximum absolute atomic E-state index is 10.4. The highest BCUT2D eigenvalue weighted by Gasteiger charge is 2.10. The number of nitrogens with zero attached hydrogens (tertiary/aromatic N) is 2. The average molecular weight is 363 g/mol. The fourth-order valence-electron chi connectivity index (χ4n) is 3.19. The third-order valence-electron chi connectivity index (χ3n) is 4.45. The number of amides is 1. The van der Waals surface area contributed by atoms with Gasteiger partial charge in [-0.1, -0.05) is 36.4 Å². The van der Waals surface area contributed by atoms with Crippen LogP contribution in [-0.2, 0) is 24.2 Å². The smallest absolute Gasteiger partial charge is 0.207 e. The molecule has 1 aromatic heterocycles. The van der Waals surface area contributed by atoms with Crippen molar-refractivity contribution in [3.05, 3.63) is 72.6 Å². The Balaban J connectivity index is 1.71. The van der Waals surface area contributed by atoms with Gasteiger partial charge in [0, 0.05) is 13.0 Å². The molecule has 0 aliphatic rings. The van der Waals surface area contributed by atoms with Crippen molar-refractivity contribution in [3.8, 4) is 5.75 Å². The van der Waals surface area contributed by atoms with Crippen molar-refractivity contribution < 1.29 is 9.53 Å². The van der Waals surface area contributed by atoms with Crippen molar-refractivity contribution in [2.45, 2.75) is 25.8 Å². The predicted octanol–water partition coefficient (Wildman–Crippen LogP) is 3.52. The number of benzene rings is 2. The monoisotopic (exact) mass is 363 g/mol. The van der Waals surface area contributed by atoms with Gasteiger partial charge in [0.2, 0.25) is 6.41 Å². The van der Waals surface area contributed by atoms with Gasteiger partial charge in [-0.3, -0.25) is 4.79 Å². The molecule has 0 bridgehead atoms. The number of nitrogens with one attached hydrogen (secondary N) is 1. The van der Waals surface area contributed by atoms with Crippen molar-refractivity contribution in [1.82, 2.24) is 14.9 Å². The van der Waals surface area contributed by atoms with Crippen LogP contribution in [0.15, 0.2) is 61.2 Å². The van der Waals surface area contributed by atoms with Crippen LogP contribution < -0.4 is 10.1 Å². The Kier molecular flexibility index (Phi) is 6.63. The summed E-state index contributed by atoms with van der Waals surface area (Å²) in [5, 5.41) is 2.70. The zero-order valence-corrected chi connectivity index (χ0v) is 15.4. The van der Waals surface area contributed by atoms with E-state index in [-0.39, 0.29) is 0 Å². The maximum Gasteiger partial charge on any atom is 0.207 e. The summed E-state index contributed by atoms with van der Waals surface area (Å²) in [6.07, 6.45) is 5.07. The number of allylic oxidation sites excluding steroid dienone is 1. The second kappa shape index (κ2) is 9.57. The second-order valence-electron chi connectivity index (χ2n) is 6.29. The minimum absolute atomic E-state index is 0.564. The number of imidazole rings is 1. The van der Waals surface area contributed by atoms with Crippen molar-refractivity contribution in [1.29, 1.82) is 0 Å². The Hall–Kier alpha value is -3.08. The fraction of sp³-hybridized carbons (Fsp3) is 0.273. The third-order valence-corrected chi connectivity index (χ3v) is 4.45. The minimum atomic E-state index is 0.564. The quantitative estimate of drug-likeness (QED) is 0.322. The molecule has 1 N–H and O–H groups in total. The number of carbonyl (C=O) groups excluding carboxylic acids is 1. The molecule has 0 radical (unpaired) electrons. The highest BCUT2D eigenvalue weighted by atomic mass is 16.5. The fourth-order valence-corrected chi connectivity index (χ4v) is 3.19. The van der Waals surface area contributed by atoms with Crippen LogP contribution in [0, 0.1) is 0 Å². The van der Waals surface area contributed by atoms with E-state index in [0.29, 0.717) is 13.2 Å². The highest BCUT2D eigenvalue weighted by molar-refractivity contribution is 5.75. The Bertz CT molecular complexity index is 901. The molecule has 2 aromatic carbocycles. The SMILES string of the molecule is C=CCc1ccccc1OCCn1c(CCCNC=O)nc2ccccc21. The minimum Gasteiger partial charge on any atom is -0.491 e. The van der Waals surface area contributed by atoms with Crippen LogP contribution in [0.5, 0.6) is 5.75 Å². The number of ether oxygens (including phenoxy) is 1. The standard InChI is InChI=1S/C22H25N3O2/c1-2-8-18-9-3-6-12-21(18)27-16-15-25-20-11-5-4-10-19(20)24-22(25)13-7-14-23-17-26/h2-6,9-12,17H,1,7-8,13-16H2,(H,23,26). The Morgan fingerprint density at radius 2 is 1.96 bits per heavy atom. The number of para-hydroxylation sites is 3. The molecular weight excluding hydrogens is 338 g/mol. The first-order valence-corrected chi connectivity index (χ1v) is 9.26. The summed E-state index contributed by atoms with van der Waals surface area (Å²) in [6.45, 7) is 5.75. The Labute approximate surface area is 159 Å². The van der Waals surface area contributed by atoms with E-state index in [4.69, 9.17) is 9.72 Å². The van der Waals surface area contributed by atoms with E-state index in [1.807, 2.05) is 42.5 Å². The summed E-state index contributed by atoms with van der Waals surface area (Å²) in [5.74, 6) is 1.92. The number of hydrogen-bond donors (Lipinski definition) is 1. The molecule has 140 valence electrons. The Morgan fingerprint density at radius 1 is 1.15 bits per heavy atom. The molecule has 0 atom stereocenters. The van der Waals surface area contributed by atoms with E-state index in [0.717, 1.165) is 60.4 Å². The molecule has 5 heteroatoms. The summed E-state index contributed by atoms with van der Waals surface area (Å²) >= 11 is 0. The molecule has 1 heterocycles. The van der Waals surface area contributed by atoms with Gasteiger partial charge in [0.05, 0.1) is 17.6 Å². The van der Waals surface area contributed by atoms with Gasteiger partial charge >= 0.3 is 0 Å². The average Bonchev–Trinajstić information content (AvgIpc) is 3.04. The van der Waals surface area contributed by atoms with Crippen LogP contribution in [0.1, 0.15) is 17.8 Å². The van der Waals surface area contributed by atoms with Gasteiger partial charge in [-0.25, -0.2) is 4.98 Å². The number of hydrogen-bond acceptors (Lipinski definition) is 3. The lowest BCUT2D eigenvalue weighted by Crippen LogP contribution is -2.15. The lowest BCUT2D eigenvalue weighted by molar-refractivity contribution is -0.109. The van der Waals surface area contributed by atoms with Crippen LogP contribution in [0.3, 0.4) is 0 Å². The second-order valence-corrected chi connectivity index (χ2v) is 6.29. The molecule has 0 saturated carbocycles. The lowest BCUT2D eigenvalue weighted by atomic mass is 10.1. The summed E-state index contributed by atoms with van der Waals surface area (Å²) in [7, 11) is 0. The molecule has 0 fully saturated rings. The zero-order chi connectivity index (χ0) is 18.9. The molecule has 3 rings (SSSR count). The predicted molar refractivity (Wildman–Crippen MR) is 108 cm³/mol. The molecule has 3 aromatic rings. The van der Waals surface area contributed by atoms with Crippen LogP contribution >= 0.6 is 0 Å². The first-order valence-electron chi connectivity index (χ1n) is 9.26. The van der Waals surface area contributed by atoms with Gasteiger partial charge in [0.15, 0.2) is 0 Å². The van der Waals surface area contributed by atoms with Gasteiger partial charge in [-0.15, -0.1) is 6.58 Å². The number of aryl methyl sites for hydroxylation is 1. The molecule has 0 saturated heterocycles. The molecular formula is C22H25N3O2. The molecule has 0 aliphatic heterocycles. The van der Waals surface area contributed by atoms with Gasteiger partial charge in [0.25, 0.3) is 0 Å². The largest absolute Gasteiger partial charge is 0.491 e. The van der Waals surface area contributed by atoms with Crippen molar-refractivity contribution >= 4 is 17.4 Å². The first-order chi connectivity index (χ1) is 13.3. The lowest BCUT2D eigenvalue weighted by Gasteiger charge is -2.13. The highest BCUT2D eigenvalue weighted by Crippen LogP contribution is 2.20. The van der Waals surface area contributed by atoms with Crippen LogP contribution in [-0.4, -0.2) is 29.1 Å². The normalized spacial score (nSPS) is 10.7. The van der Waals surface area contributed by atoms with E-state index in [1.54, 1.807) is 0 Å². The van der Waals surface area contributed by atoms with E-state index < -0.39 is 0 Å². The summed E-state index contributed by atoms with van der Waals surface area (Å²) in [6, 6.07) is 16.2. The van der Waals surface area contributed by atoms with Crippen LogP contribution in [0.25, 0.3) is 11.0 Å². The van der Waals surface area contributed by atoms with E-state index in [1.165, 1.54) is 0 Å². The molecule has 27 heavy (non-hydrogen) atoms. The topological polar surface area (TPSA) is 56.1 Å². The summed E-state index contributed by atoms with van der Waals surface area (Å²) < 4.78 is 8.27. The van der Waals surface area contributed by atoms with E-state index in [9.17, 15) is 4.79 Å². The van der Waals surface area contributed by atoms with Crippen molar-refractivity contribution in [3.63, 3.8) is 0 Å². The van der Waals surface area contributed by atoms with Crippen LogP contribution in [0.4, 0.5) is 0 Å². The van der Waals surface area contributed by atoms with Crippen LogP contribution in [0.2, 0.25) is 0 Å². The number of aromatic nitrogens is 2. The van der Waals surface area contributed by atoms with E-state index >= 15 is 0 Å². The molecule has 1 amide bonds. The molecule has 0 unspecified atom stereocenters. The molecule has 5 nitrogen and oxygen atoms in total. The van der Waals surface area contributed by atoms with Gasteiger partial charge < -0.3 is 14.6 Å². The zero-order valence-electron chi connectivity index (χ0n) is 15.4. The van der Waals surface area contributed by atoms with Gasteiger partial charge in [0.1, 0.15) is 18.2 Å². The molecule has 0 aliphatic carbocycles. The van der Waals surface area contributed by atoms with Gasteiger partial charge in [-0.2, -0.15) is 0 Å². The number of fused-ring (bicyclic) bond motifs is 1. The Morgan fingerprint density at radius 3 is 2.81 bits per heavy atom. The third kappa shape index (κ3) is 4.76. The summed E-state index contributed by atoms with van der Waals surface area (Å²) in [5.41, 5.74) is 3.24. The number of carbonyl (C=O) groups is 1. The number of rotatable bonds is 11.